The molecule has 0 spiro atoms. The molecular weight excluding hydrogens is 304 g/mol. The van der Waals surface area contributed by atoms with Crippen LogP contribution in [0.15, 0.2) is 18.2 Å². The van der Waals surface area contributed by atoms with Gasteiger partial charge in [0.1, 0.15) is 11.4 Å². The maximum absolute atomic E-state index is 11.7. The van der Waals surface area contributed by atoms with Crippen molar-refractivity contribution >= 4 is 17.7 Å². The summed E-state index contributed by atoms with van der Waals surface area (Å²) in [6.07, 6.45) is 0.336. The number of phenols is 1. The predicted octanol–water partition coefficient (Wildman–Crippen LogP) is 3.44. The molecule has 0 saturated heterocycles. The minimum Gasteiger partial charge on any atom is -0.508 e. The molecule has 3 N–H and O–H groups in total. The highest BCUT2D eigenvalue weighted by atomic mass is 35.5. The van der Waals surface area contributed by atoms with Gasteiger partial charge in [0.15, 0.2) is 0 Å². The molecule has 0 heterocycles. The molecule has 0 aromatic heterocycles. The zero-order chi connectivity index (χ0) is 16.8. The van der Waals surface area contributed by atoms with E-state index in [1.807, 2.05) is 27.7 Å². The number of phenolic OH excluding ortho intramolecular Hbond substituents is 1. The third-order valence-electron chi connectivity index (χ3n) is 3.00. The van der Waals surface area contributed by atoms with Crippen LogP contribution in [0.2, 0.25) is 5.02 Å². The van der Waals surface area contributed by atoms with Gasteiger partial charge in [0.2, 0.25) is 0 Å². The molecule has 1 amide bonds. The lowest BCUT2D eigenvalue weighted by atomic mass is 10.2. The van der Waals surface area contributed by atoms with Crippen LogP contribution in [0.25, 0.3) is 0 Å². The standard InChI is InChI=1S/C16H25ClN2O3/c1-5-11(19-15(21)22-16(2,3)4)9-18-10-12-13(17)7-6-8-14(12)20/h6-8,11,18,20H,5,9-10H2,1-4H3,(H,19,21). The van der Waals surface area contributed by atoms with Crippen LogP contribution in [0.1, 0.15) is 39.7 Å². The second-order valence-corrected chi connectivity index (χ2v) is 6.53. The van der Waals surface area contributed by atoms with Gasteiger partial charge in [-0.3, -0.25) is 0 Å². The Bertz CT molecular complexity index is 480. The van der Waals surface area contributed by atoms with Crippen LogP contribution >= 0.6 is 11.6 Å². The number of rotatable bonds is 6. The molecule has 0 aliphatic carbocycles. The lowest BCUT2D eigenvalue weighted by Crippen LogP contribution is -2.43. The summed E-state index contributed by atoms with van der Waals surface area (Å²) >= 11 is 6.05. The molecule has 6 heteroatoms. The van der Waals surface area contributed by atoms with Crippen LogP contribution < -0.4 is 10.6 Å². The molecule has 0 saturated carbocycles. The highest BCUT2D eigenvalue weighted by Gasteiger charge is 2.18. The van der Waals surface area contributed by atoms with E-state index in [4.69, 9.17) is 16.3 Å². The van der Waals surface area contributed by atoms with Gasteiger partial charge in [0.05, 0.1) is 0 Å². The summed E-state index contributed by atoms with van der Waals surface area (Å²) in [5.41, 5.74) is 0.135. The highest BCUT2D eigenvalue weighted by Crippen LogP contribution is 2.24. The van der Waals surface area contributed by atoms with E-state index >= 15 is 0 Å². The fourth-order valence-electron chi connectivity index (χ4n) is 1.87. The SMILES string of the molecule is CCC(CNCc1c(O)cccc1Cl)NC(=O)OC(C)(C)C. The minimum absolute atomic E-state index is 0.0560. The number of hydrogen-bond donors (Lipinski definition) is 3. The van der Waals surface area contributed by atoms with Crippen LogP contribution in [-0.4, -0.2) is 29.4 Å². The second kappa shape index (κ2) is 8.25. The number of benzene rings is 1. The second-order valence-electron chi connectivity index (χ2n) is 6.12. The summed E-state index contributed by atoms with van der Waals surface area (Å²) in [6, 6.07) is 4.97. The van der Waals surface area contributed by atoms with Gasteiger partial charge in [-0.2, -0.15) is 0 Å². The summed E-state index contributed by atoms with van der Waals surface area (Å²) in [7, 11) is 0. The summed E-state index contributed by atoms with van der Waals surface area (Å²) in [5, 5.41) is 16.3. The van der Waals surface area contributed by atoms with E-state index in [0.29, 0.717) is 23.7 Å². The van der Waals surface area contributed by atoms with Crippen molar-refractivity contribution < 1.29 is 14.6 Å². The molecule has 5 nitrogen and oxygen atoms in total. The maximum Gasteiger partial charge on any atom is 0.407 e. The minimum atomic E-state index is -0.515. The summed E-state index contributed by atoms with van der Waals surface area (Å²) in [4.78, 5) is 11.7. The molecule has 0 fully saturated rings. The Balaban J connectivity index is 2.46. The van der Waals surface area contributed by atoms with Crippen molar-refractivity contribution in [2.75, 3.05) is 6.54 Å². The number of amides is 1. The topological polar surface area (TPSA) is 70.6 Å². The highest BCUT2D eigenvalue weighted by molar-refractivity contribution is 6.31. The molecule has 124 valence electrons. The number of ether oxygens (including phenoxy) is 1. The monoisotopic (exact) mass is 328 g/mol. The number of nitrogens with one attached hydrogen (secondary N) is 2. The first-order chi connectivity index (χ1) is 10.2. The summed E-state index contributed by atoms with van der Waals surface area (Å²) < 4.78 is 5.23. The molecule has 1 aromatic rings. The van der Waals surface area contributed by atoms with Gasteiger partial charge >= 0.3 is 6.09 Å². The maximum atomic E-state index is 11.7. The van der Waals surface area contributed by atoms with Gasteiger partial charge in [-0.15, -0.1) is 0 Å². The van der Waals surface area contributed by atoms with Crippen molar-refractivity contribution in [2.45, 2.75) is 52.3 Å². The van der Waals surface area contributed by atoms with E-state index in [-0.39, 0.29) is 11.8 Å². The van der Waals surface area contributed by atoms with Crippen molar-refractivity contribution in [3.05, 3.63) is 28.8 Å². The number of carbonyl (C=O) groups excluding carboxylic acids is 1. The first kappa shape index (κ1) is 18.6. The number of hydrogen-bond acceptors (Lipinski definition) is 4. The van der Waals surface area contributed by atoms with Gasteiger partial charge < -0.3 is 20.5 Å². The van der Waals surface area contributed by atoms with Crippen molar-refractivity contribution in [1.82, 2.24) is 10.6 Å². The fourth-order valence-corrected chi connectivity index (χ4v) is 2.10. The van der Waals surface area contributed by atoms with Crippen molar-refractivity contribution in [3.63, 3.8) is 0 Å². The van der Waals surface area contributed by atoms with E-state index in [0.717, 1.165) is 6.42 Å². The molecule has 0 radical (unpaired) electrons. The Hall–Kier alpha value is -1.46. The van der Waals surface area contributed by atoms with Gasteiger partial charge in [-0.05, 0) is 39.3 Å². The molecule has 0 aliphatic heterocycles. The molecule has 0 aliphatic rings. The fraction of sp³-hybridized carbons (Fsp3) is 0.562. The van der Waals surface area contributed by atoms with Crippen molar-refractivity contribution in [3.8, 4) is 5.75 Å². The van der Waals surface area contributed by atoms with E-state index in [1.54, 1.807) is 18.2 Å². The normalized spacial score (nSPS) is 12.8. The van der Waals surface area contributed by atoms with Crippen LogP contribution in [0.3, 0.4) is 0 Å². The average molecular weight is 329 g/mol. The van der Waals surface area contributed by atoms with Crippen LogP contribution in [0.4, 0.5) is 4.79 Å². The zero-order valence-electron chi connectivity index (χ0n) is 13.6. The van der Waals surface area contributed by atoms with E-state index < -0.39 is 11.7 Å². The zero-order valence-corrected chi connectivity index (χ0v) is 14.3. The number of halogens is 1. The lowest BCUT2D eigenvalue weighted by molar-refractivity contribution is 0.0502. The lowest BCUT2D eigenvalue weighted by Gasteiger charge is -2.23. The largest absolute Gasteiger partial charge is 0.508 e. The molecule has 1 unspecified atom stereocenters. The summed E-state index contributed by atoms with van der Waals surface area (Å²) in [6.45, 7) is 8.44. The van der Waals surface area contributed by atoms with Gasteiger partial charge in [0, 0.05) is 29.7 Å². The van der Waals surface area contributed by atoms with Gasteiger partial charge in [0.25, 0.3) is 0 Å². The third-order valence-corrected chi connectivity index (χ3v) is 3.35. The number of aromatic hydroxyl groups is 1. The first-order valence-corrected chi connectivity index (χ1v) is 7.77. The molecule has 0 bridgehead atoms. The Labute approximate surface area is 137 Å². The Morgan fingerprint density at radius 1 is 1.41 bits per heavy atom. The molecule has 1 rings (SSSR count). The van der Waals surface area contributed by atoms with Gasteiger partial charge in [-0.1, -0.05) is 24.6 Å². The average Bonchev–Trinajstić information content (AvgIpc) is 2.38. The van der Waals surface area contributed by atoms with Crippen LogP contribution in [0.5, 0.6) is 5.75 Å². The third kappa shape index (κ3) is 6.54. The number of carbonyl (C=O) groups is 1. The summed E-state index contributed by atoms with van der Waals surface area (Å²) in [5.74, 6) is 0.160. The van der Waals surface area contributed by atoms with Crippen molar-refractivity contribution in [1.29, 1.82) is 0 Å². The smallest absolute Gasteiger partial charge is 0.407 e. The molecule has 22 heavy (non-hydrogen) atoms. The van der Waals surface area contributed by atoms with Crippen LogP contribution in [0, 0.1) is 0 Å². The van der Waals surface area contributed by atoms with Crippen LogP contribution in [-0.2, 0) is 11.3 Å². The van der Waals surface area contributed by atoms with E-state index in [2.05, 4.69) is 10.6 Å². The van der Waals surface area contributed by atoms with E-state index in [1.165, 1.54) is 0 Å². The van der Waals surface area contributed by atoms with Crippen molar-refractivity contribution in [2.24, 2.45) is 0 Å². The molecular formula is C16H25ClN2O3. The Morgan fingerprint density at radius 3 is 2.64 bits per heavy atom. The quantitative estimate of drug-likeness (QED) is 0.748. The predicted molar refractivity (Wildman–Crippen MR) is 88.3 cm³/mol. The van der Waals surface area contributed by atoms with Gasteiger partial charge in [-0.25, -0.2) is 4.79 Å². The molecule has 1 aromatic carbocycles. The molecule has 1 atom stereocenters. The first-order valence-electron chi connectivity index (χ1n) is 7.39. The Kier molecular flexibility index (Phi) is 6.97. The Morgan fingerprint density at radius 2 is 2.09 bits per heavy atom. The van der Waals surface area contributed by atoms with E-state index in [9.17, 15) is 9.90 Å². The number of alkyl carbamates (subject to hydrolysis) is 1.